The third kappa shape index (κ3) is 3.14. The standard InChI is InChI=1S/C24H24N4O4/c1-14-18-5-3-2-4-15(18)11-26(14)22(30)13-28-21(29)9-8-20(24(28)32)27-12-16-6-7-17(25)10-19(16)23(27)31/h2-7,10,14,20H,8-9,11-13,25H2,1H3. The summed E-state index contributed by atoms with van der Waals surface area (Å²) >= 11 is 0. The number of likely N-dealkylation sites (tertiary alicyclic amines) is 1. The smallest absolute Gasteiger partial charge is 0.255 e. The first-order chi connectivity index (χ1) is 15.3. The minimum absolute atomic E-state index is 0.113. The Kier molecular flexibility index (Phi) is 4.73. The molecule has 0 spiro atoms. The van der Waals surface area contributed by atoms with Crippen LogP contribution in [-0.2, 0) is 27.5 Å². The van der Waals surface area contributed by atoms with Gasteiger partial charge < -0.3 is 15.5 Å². The minimum atomic E-state index is -0.769. The molecule has 2 aromatic rings. The number of carbonyl (C=O) groups excluding carboxylic acids is 4. The highest BCUT2D eigenvalue weighted by atomic mass is 16.2. The Morgan fingerprint density at radius 2 is 1.84 bits per heavy atom. The predicted octanol–water partition coefficient (Wildman–Crippen LogP) is 1.85. The van der Waals surface area contributed by atoms with E-state index < -0.39 is 11.9 Å². The van der Waals surface area contributed by atoms with E-state index in [1.807, 2.05) is 31.2 Å². The average Bonchev–Trinajstić information content (AvgIpc) is 3.28. The highest BCUT2D eigenvalue weighted by Gasteiger charge is 2.44. The summed E-state index contributed by atoms with van der Waals surface area (Å²) in [4.78, 5) is 56.0. The van der Waals surface area contributed by atoms with Crippen molar-refractivity contribution in [3.05, 3.63) is 64.7 Å². The van der Waals surface area contributed by atoms with Crippen LogP contribution in [0.2, 0.25) is 0 Å². The zero-order chi connectivity index (χ0) is 22.6. The summed E-state index contributed by atoms with van der Waals surface area (Å²) in [6, 6.07) is 12.1. The number of hydrogen-bond donors (Lipinski definition) is 1. The van der Waals surface area contributed by atoms with Gasteiger partial charge in [0.2, 0.25) is 11.8 Å². The van der Waals surface area contributed by atoms with Gasteiger partial charge in [-0.15, -0.1) is 0 Å². The predicted molar refractivity (Wildman–Crippen MR) is 116 cm³/mol. The number of fused-ring (bicyclic) bond motifs is 2. The van der Waals surface area contributed by atoms with E-state index >= 15 is 0 Å². The van der Waals surface area contributed by atoms with Gasteiger partial charge in [0.1, 0.15) is 12.6 Å². The van der Waals surface area contributed by atoms with E-state index in [2.05, 4.69) is 0 Å². The number of hydrogen-bond acceptors (Lipinski definition) is 5. The van der Waals surface area contributed by atoms with E-state index in [1.54, 1.807) is 23.1 Å². The molecule has 2 aromatic carbocycles. The van der Waals surface area contributed by atoms with Crippen LogP contribution in [0, 0.1) is 0 Å². The van der Waals surface area contributed by atoms with Crippen molar-refractivity contribution in [3.8, 4) is 0 Å². The van der Waals surface area contributed by atoms with E-state index in [0.29, 0.717) is 24.3 Å². The first kappa shape index (κ1) is 20.2. The summed E-state index contributed by atoms with van der Waals surface area (Å²) in [5.41, 5.74) is 9.74. The van der Waals surface area contributed by atoms with E-state index in [-0.39, 0.29) is 43.1 Å². The molecule has 0 aliphatic carbocycles. The monoisotopic (exact) mass is 432 g/mol. The largest absolute Gasteiger partial charge is 0.399 e. The molecule has 3 aliphatic rings. The van der Waals surface area contributed by atoms with Crippen molar-refractivity contribution in [3.63, 3.8) is 0 Å². The number of carbonyl (C=O) groups is 4. The maximum absolute atomic E-state index is 13.3. The van der Waals surface area contributed by atoms with Gasteiger partial charge in [0, 0.05) is 30.8 Å². The number of amides is 4. The van der Waals surface area contributed by atoms with Crippen molar-refractivity contribution in [1.29, 1.82) is 0 Å². The molecule has 0 aromatic heterocycles. The SMILES string of the molecule is CC1c2ccccc2CN1C(=O)CN1C(=O)CCC(N2Cc3ccc(N)cc3C2=O)C1=O. The fraction of sp³-hybridized carbons (Fsp3) is 0.333. The van der Waals surface area contributed by atoms with Crippen molar-refractivity contribution < 1.29 is 19.2 Å². The highest BCUT2D eigenvalue weighted by Crippen LogP contribution is 2.34. The lowest BCUT2D eigenvalue weighted by Crippen LogP contribution is -2.56. The number of rotatable bonds is 3. The molecule has 4 amide bonds. The molecule has 0 radical (unpaired) electrons. The van der Waals surface area contributed by atoms with Crippen LogP contribution in [0.1, 0.15) is 52.9 Å². The lowest BCUT2D eigenvalue weighted by atomic mass is 10.0. The quantitative estimate of drug-likeness (QED) is 0.589. The topological polar surface area (TPSA) is 104 Å². The van der Waals surface area contributed by atoms with Crippen LogP contribution in [0.4, 0.5) is 5.69 Å². The molecule has 2 atom stereocenters. The Labute approximate surface area is 185 Å². The number of imide groups is 1. The number of nitrogens with zero attached hydrogens (tertiary/aromatic N) is 3. The molecule has 0 saturated carbocycles. The van der Waals surface area contributed by atoms with Crippen LogP contribution < -0.4 is 5.73 Å². The van der Waals surface area contributed by atoms with Crippen LogP contribution in [0.3, 0.4) is 0 Å². The van der Waals surface area contributed by atoms with Crippen LogP contribution in [0.5, 0.6) is 0 Å². The molecule has 3 heterocycles. The van der Waals surface area contributed by atoms with Gasteiger partial charge in [-0.2, -0.15) is 0 Å². The molecule has 2 N–H and O–H groups in total. The lowest BCUT2D eigenvalue weighted by molar-refractivity contribution is -0.156. The minimum Gasteiger partial charge on any atom is -0.399 e. The summed E-state index contributed by atoms with van der Waals surface area (Å²) in [5, 5.41) is 0. The lowest BCUT2D eigenvalue weighted by Gasteiger charge is -2.36. The molecule has 8 heteroatoms. The van der Waals surface area contributed by atoms with Crippen molar-refractivity contribution in [2.24, 2.45) is 0 Å². The fourth-order valence-corrected chi connectivity index (χ4v) is 4.97. The normalized spacial score (nSPS) is 22.4. The van der Waals surface area contributed by atoms with Crippen LogP contribution in [0.25, 0.3) is 0 Å². The van der Waals surface area contributed by atoms with Gasteiger partial charge in [-0.05, 0) is 42.2 Å². The van der Waals surface area contributed by atoms with Crippen LogP contribution in [0.15, 0.2) is 42.5 Å². The molecule has 0 bridgehead atoms. The van der Waals surface area contributed by atoms with Crippen molar-refractivity contribution in [1.82, 2.24) is 14.7 Å². The van der Waals surface area contributed by atoms with Crippen LogP contribution in [-0.4, -0.2) is 50.9 Å². The molecule has 5 rings (SSSR count). The number of nitrogen functional groups attached to an aromatic ring is 1. The third-order valence-corrected chi connectivity index (χ3v) is 6.75. The second-order valence-corrected chi connectivity index (χ2v) is 8.62. The molecule has 32 heavy (non-hydrogen) atoms. The fourth-order valence-electron chi connectivity index (χ4n) is 4.97. The van der Waals surface area contributed by atoms with E-state index in [1.165, 1.54) is 4.90 Å². The zero-order valence-electron chi connectivity index (χ0n) is 17.8. The van der Waals surface area contributed by atoms with E-state index in [9.17, 15) is 19.2 Å². The van der Waals surface area contributed by atoms with E-state index in [0.717, 1.165) is 21.6 Å². The molecule has 1 fully saturated rings. The summed E-state index contributed by atoms with van der Waals surface area (Å²) in [5.74, 6) is -1.42. The Bertz CT molecular complexity index is 1160. The maximum atomic E-state index is 13.3. The van der Waals surface area contributed by atoms with Gasteiger partial charge >= 0.3 is 0 Å². The van der Waals surface area contributed by atoms with Crippen LogP contribution >= 0.6 is 0 Å². The number of benzene rings is 2. The summed E-state index contributed by atoms with van der Waals surface area (Å²) in [6.07, 6.45) is 0.366. The van der Waals surface area contributed by atoms with Crippen molar-refractivity contribution in [2.75, 3.05) is 12.3 Å². The van der Waals surface area contributed by atoms with E-state index in [4.69, 9.17) is 5.73 Å². The van der Waals surface area contributed by atoms with Crippen molar-refractivity contribution in [2.45, 2.75) is 44.9 Å². The number of piperidine rings is 1. The van der Waals surface area contributed by atoms with Gasteiger partial charge in [0.15, 0.2) is 0 Å². The molecule has 8 nitrogen and oxygen atoms in total. The molecular formula is C24H24N4O4. The third-order valence-electron chi connectivity index (χ3n) is 6.75. The number of nitrogens with two attached hydrogens (primary N) is 1. The van der Waals surface area contributed by atoms with Gasteiger partial charge in [-0.25, -0.2) is 0 Å². The second kappa shape index (κ2) is 7.47. The van der Waals surface area contributed by atoms with Gasteiger partial charge in [-0.1, -0.05) is 30.3 Å². The molecule has 1 saturated heterocycles. The second-order valence-electron chi connectivity index (χ2n) is 8.62. The molecular weight excluding hydrogens is 408 g/mol. The Hall–Kier alpha value is -3.68. The van der Waals surface area contributed by atoms with Gasteiger partial charge in [-0.3, -0.25) is 24.1 Å². The first-order valence-corrected chi connectivity index (χ1v) is 10.8. The molecule has 2 unspecified atom stereocenters. The maximum Gasteiger partial charge on any atom is 0.255 e. The Balaban J connectivity index is 1.32. The number of anilines is 1. The van der Waals surface area contributed by atoms with Gasteiger partial charge in [0.05, 0.1) is 6.04 Å². The highest BCUT2D eigenvalue weighted by molar-refractivity contribution is 6.07. The summed E-state index contributed by atoms with van der Waals surface area (Å²) in [7, 11) is 0. The molecule has 164 valence electrons. The van der Waals surface area contributed by atoms with Gasteiger partial charge in [0.25, 0.3) is 11.8 Å². The summed E-state index contributed by atoms with van der Waals surface area (Å²) < 4.78 is 0. The first-order valence-electron chi connectivity index (χ1n) is 10.8. The Morgan fingerprint density at radius 3 is 2.62 bits per heavy atom. The Morgan fingerprint density at radius 1 is 1.06 bits per heavy atom. The zero-order valence-corrected chi connectivity index (χ0v) is 17.8. The average molecular weight is 432 g/mol. The molecule has 3 aliphatic heterocycles. The van der Waals surface area contributed by atoms with Crippen molar-refractivity contribution >= 4 is 29.3 Å². The summed E-state index contributed by atoms with van der Waals surface area (Å²) in [6.45, 7) is 2.38.